The Morgan fingerprint density at radius 3 is 2.74 bits per heavy atom. The van der Waals surface area contributed by atoms with E-state index in [1.54, 1.807) is 18.2 Å². The standard InChI is InChI=1S/C21H21ClN2O3/c22-16-5-2-1-4-15(16)21-11-3-6-18(19(21)26)27-20(24-21)17(23)12-13-7-9-14(25)10-8-13/h1-2,4-5,7-10,17-18,25H,3,6,11-12,23H2/t17?,18-,21?/m0/s1. The number of ether oxygens (including phenoxy) is 1. The summed E-state index contributed by atoms with van der Waals surface area (Å²) in [5.74, 6) is 0.561. The second-order valence-electron chi connectivity index (χ2n) is 7.13. The van der Waals surface area contributed by atoms with Gasteiger partial charge in [-0.25, -0.2) is 4.99 Å². The fourth-order valence-electron chi connectivity index (χ4n) is 3.92. The summed E-state index contributed by atoms with van der Waals surface area (Å²) < 4.78 is 5.90. The highest BCUT2D eigenvalue weighted by atomic mass is 35.5. The van der Waals surface area contributed by atoms with Crippen LogP contribution in [0.15, 0.2) is 53.5 Å². The molecule has 1 aliphatic carbocycles. The number of Topliss-reactive ketones (excluding diaryl/α,β-unsaturated/α-hetero) is 1. The van der Waals surface area contributed by atoms with Gasteiger partial charge in [-0.05, 0) is 49.4 Å². The summed E-state index contributed by atoms with van der Waals surface area (Å²) in [6.07, 6.45) is 2.07. The number of halogens is 1. The molecule has 2 unspecified atom stereocenters. The van der Waals surface area contributed by atoms with Gasteiger partial charge in [-0.1, -0.05) is 41.9 Å². The molecule has 27 heavy (non-hydrogen) atoms. The minimum atomic E-state index is -1.01. The average molecular weight is 385 g/mol. The first-order valence-electron chi connectivity index (χ1n) is 9.09. The molecule has 2 aromatic carbocycles. The fraction of sp³-hybridized carbons (Fsp3) is 0.333. The molecule has 2 bridgehead atoms. The summed E-state index contributed by atoms with van der Waals surface area (Å²) in [6.45, 7) is 0. The molecule has 0 amide bonds. The molecule has 140 valence electrons. The molecule has 4 rings (SSSR count). The lowest BCUT2D eigenvalue weighted by molar-refractivity contribution is -0.137. The number of hydrogen-bond donors (Lipinski definition) is 2. The monoisotopic (exact) mass is 384 g/mol. The molecule has 2 aliphatic rings. The normalized spacial score (nSPS) is 25.5. The first kappa shape index (κ1) is 18.0. The van der Waals surface area contributed by atoms with Gasteiger partial charge in [-0.15, -0.1) is 0 Å². The van der Waals surface area contributed by atoms with Gasteiger partial charge in [0.05, 0.1) is 6.04 Å². The van der Waals surface area contributed by atoms with Crippen LogP contribution < -0.4 is 5.73 Å². The van der Waals surface area contributed by atoms with E-state index in [9.17, 15) is 9.90 Å². The van der Waals surface area contributed by atoms with Crippen LogP contribution in [-0.4, -0.2) is 28.9 Å². The SMILES string of the molecule is NC(Cc1ccc(O)cc1)C1=NC2(c3ccccc3Cl)CCC[C@H](O1)C2=O. The topological polar surface area (TPSA) is 84.9 Å². The minimum Gasteiger partial charge on any atom is -0.508 e. The molecule has 6 heteroatoms. The van der Waals surface area contributed by atoms with Gasteiger partial charge in [0, 0.05) is 10.6 Å². The average Bonchev–Trinajstić information content (AvgIpc) is 2.64. The van der Waals surface area contributed by atoms with Crippen molar-refractivity contribution < 1.29 is 14.6 Å². The molecule has 0 spiro atoms. The summed E-state index contributed by atoms with van der Waals surface area (Å²) in [4.78, 5) is 17.8. The molecule has 0 aromatic heterocycles. The van der Waals surface area contributed by atoms with Crippen LogP contribution in [0.5, 0.6) is 5.75 Å². The summed E-state index contributed by atoms with van der Waals surface area (Å²) in [5, 5.41) is 9.97. The van der Waals surface area contributed by atoms with Crippen LogP contribution in [0, 0.1) is 0 Å². The van der Waals surface area contributed by atoms with E-state index < -0.39 is 17.7 Å². The van der Waals surface area contributed by atoms with E-state index in [-0.39, 0.29) is 11.5 Å². The lowest BCUT2D eigenvalue weighted by Gasteiger charge is -2.42. The summed E-state index contributed by atoms with van der Waals surface area (Å²) in [5.41, 5.74) is 7.05. The van der Waals surface area contributed by atoms with Crippen molar-refractivity contribution in [3.63, 3.8) is 0 Å². The molecule has 3 N–H and O–H groups in total. The number of rotatable bonds is 4. The Balaban J connectivity index is 1.71. The van der Waals surface area contributed by atoms with E-state index in [0.717, 1.165) is 17.5 Å². The van der Waals surface area contributed by atoms with Crippen molar-refractivity contribution in [1.82, 2.24) is 0 Å². The van der Waals surface area contributed by atoms with Crippen LogP contribution in [0.1, 0.15) is 30.4 Å². The van der Waals surface area contributed by atoms with E-state index in [2.05, 4.69) is 0 Å². The van der Waals surface area contributed by atoms with Crippen molar-refractivity contribution in [1.29, 1.82) is 0 Å². The van der Waals surface area contributed by atoms with Crippen molar-refractivity contribution in [3.8, 4) is 5.75 Å². The third-order valence-electron chi connectivity index (χ3n) is 5.30. The third kappa shape index (κ3) is 3.22. The Labute approximate surface area is 162 Å². The van der Waals surface area contributed by atoms with Gasteiger partial charge in [-0.3, -0.25) is 4.79 Å². The van der Waals surface area contributed by atoms with Crippen LogP contribution in [0.25, 0.3) is 0 Å². The van der Waals surface area contributed by atoms with Crippen molar-refractivity contribution in [2.45, 2.75) is 43.4 Å². The van der Waals surface area contributed by atoms with Gasteiger partial charge in [0.25, 0.3) is 0 Å². The van der Waals surface area contributed by atoms with E-state index in [4.69, 9.17) is 27.1 Å². The smallest absolute Gasteiger partial charge is 0.205 e. The summed E-state index contributed by atoms with van der Waals surface area (Å²) in [7, 11) is 0. The van der Waals surface area contributed by atoms with E-state index in [0.29, 0.717) is 30.2 Å². The maximum atomic E-state index is 13.1. The predicted octanol–water partition coefficient (Wildman–Crippen LogP) is 3.36. The molecule has 2 aromatic rings. The molecular formula is C21H21ClN2O3. The Bertz CT molecular complexity index is 897. The number of nitrogens with zero attached hydrogens (tertiary/aromatic N) is 1. The van der Waals surface area contributed by atoms with Crippen LogP contribution in [0.2, 0.25) is 5.02 Å². The Morgan fingerprint density at radius 2 is 2.00 bits per heavy atom. The van der Waals surface area contributed by atoms with Gasteiger partial charge >= 0.3 is 0 Å². The first-order chi connectivity index (χ1) is 13.0. The maximum absolute atomic E-state index is 13.1. The van der Waals surface area contributed by atoms with Gasteiger partial charge < -0.3 is 15.6 Å². The lowest BCUT2D eigenvalue weighted by Crippen LogP contribution is -2.54. The number of ketones is 1. The first-order valence-corrected chi connectivity index (χ1v) is 9.46. The second-order valence-corrected chi connectivity index (χ2v) is 7.54. The summed E-state index contributed by atoms with van der Waals surface area (Å²) in [6, 6.07) is 13.7. The molecule has 1 fully saturated rings. The number of phenols is 1. The van der Waals surface area contributed by atoms with E-state index >= 15 is 0 Å². The fourth-order valence-corrected chi connectivity index (χ4v) is 4.21. The number of aromatic hydroxyl groups is 1. The number of benzene rings is 2. The molecule has 1 aliphatic heterocycles. The van der Waals surface area contributed by atoms with Crippen molar-refractivity contribution in [2.75, 3.05) is 0 Å². The third-order valence-corrected chi connectivity index (χ3v) is 5.63. The zero-order valence-electron chi connectivity index (χ0n) is 14.8. The Hall–Kier alpha value is -2.37. The number of nitrogens with two attached hydrogens (primary N) is 1. The minimum absolute atomic E-state index is 0.0394. The number of hydrogen-bond acceptors (Lipinski definition) is 5. The highest BCUT2D eigenvalue weighted by Gasteiger charge is 2.52. The number of fused-ring (bicyclic) bond motifs is 2. The molecule has 0 saturated heterocycles. The van der Waals surface area contributed by atoms with Gasteiger partial charge in [-0.2, -0.15) is 0 Å². The molecule has 1 saturated carbocycles. The maximum Gasteiger partial charge on any atom is 0.205 e. The van der Waals surface area contributed by atoms with E-state index in [1.807, 2.05) is 30.3 Å². The highest BCUT2D eigenvalue weighted by Crippen LogP contribution is 2.44. The number of aliphatic imine (C=N–C) groups is 1. The molecule has 3 atom stereocenters. The number of carbonyl (C=O) groups is 1. The number of phenolic OH excluding ortho intramolecular Hbond substituents is 1. The zero-order valence-corrected chi connectivity index (χ0v) is 15.5. The van der Waals surface area contributed by atoms with Gasteiger partial charge in [0.2, 0.25) is 11.7 Å². The van der Waals surface area contributed by atoms with Crippen LogP contribution in [0.3, 0.4) is 0 Å². The van der Waals surface area contributed by atoms with Crippen molar-refractivity contribution in [3.05, 3.63) is 64.7 Å². The summed E-state index contributed by atoms with van der Waals surface area (Å²) >= 11 is 6.42. The molecule has 0 radical (unpaired) electrons. The van der Waals surface area contributed by atoms with Crippen molar-refractivity contribution in [2.24, 2.45) is 10.7 Å². The largest absolute Gasteiger partial charge is 0.508 e. The Morgan fingerprint density at radius 1 is 1.26 bits per heavy atom. The quantitative estimate of drug-likeness (QED) is 0.846. The van der Waals surface area contributed by atoms with Crippen LogP contribution in [-0.2, 0) is 21.5 Å². The van der Waals surface area contributed by atoms with Crippen LogP contribution >= 0.6 is 11.6 Å². The lowest BCUT2D eigenvalue weighted by atomic mass is 9.73. The van der Waals surface area contributed by atoms with Crippen LogP contribution in [0.4, 0.5) is 0 Å². The predicted molar refractivity (Wildman–Crippen MR) is 104 cm³/mol. The number of carbonyl (C=O) groups excluding carboxylic acids is 1. The molecule has 1 heterocycles. The molecule has 5 nitrogen and oxygen atoms in total. The molecular weight excluding hydrogens is 364 g/mol. The van der Waals surface area contributed by atoms with E-state index in [1.165, 1.54) is 0 Å². The van der Waals surface area contributed by atoms with Crippen molar-refractivity contribution >= 4 is 23.3 Å². The Kier molecular flexibility index (Phi) is 4.66. The second kappa shape index (κ2) is 6.98. The highest BCUT2D eigenvalue weighted by molar-refractivity contribution is 6.32. The zero-order chi connectivity index (χ0) is 19.0. The van der Waals surface area contributed by atoms with Gasteiger partial charge in [0.15, 0.2) is 11.6 Å². The van der Waals surface area contributed by atoms with Gasteiger partial charge in [0.1, 0.15) is 5.75 Å².